The van der Waals surface area contributed by atoms with Crippen LogP contribution in [-0.4, -0.2) is 38.7 Å². The Kier molecular flexibility index (Phi) is 4.12. The molecule has 7 nitrogen and oxygen atoms in total. The molecule has 110 valence electrons. The lowest BCUT2D eigenvalue weighted by atomic mass is 10.1. The minimum Gasteiger partial charge on any atom is -0.351 e. The minimum atomic E-state index is -0.0966. The van der Waals surface area contributed by atoms with Crippen molar-refractivity contribution in [2.45, 2.75) is 25.4 Å². The Hall–Kier alpha value is -1.99. The summed E-state index contributed by atoms with van der Waals surface area (Å²) in [5.41, 5.74) is 1.66. The lowest BCUT2D eigenvalue weighted by molar-refractivity contribution is -0.122. The van der Waals surface area contributed by atoms with Crippen LogP contribution in [0.5, 0.6) is 0 Å². The lowest BCUT2D eigenvalue weighted by Gasteiger charge is -2.13. The van der Waals surface area contributed by atoms with Crippen LogP contribution in [0.3, 0.4) is 0 Å². The van der Waals surface area contributed by atoms with Crippen molar-refractivity contribution in [3.63, 3.8) is 0 Å². The predicted molar refractivity (Wildman–Crippen MR) is 77.0 cm³/mol. The van der Waals surface area contributed by atoms with Crippen molar-refractivity contribution in [2.24, 2.45) is 0 Å². The molecule has 2 heterocycles. The van der Waals surface area contributed by atoms with E-state index >= 15 is 0 Å². The summed E-state index contributed by atoms with van der Waals surface area (Å²) >= 11 is 6.03. The number of aromatic nitrogens is 4. The SMILES string of the molecule is O=C(NCc1cc(Cl)ccc1-n1cnnn1)C1CCCN1. The highest BCUT2D eigenvalue weighted by molar-refractivity contribution is 6.30. The van der Waals surface area contributed by atoms with E-state index in [0.717, 1.165) is 30.6 Å². The second kappa shape index (κ2) is 6.19. The summed E-state index contributed by atoms with van der Waals surface area (Å²) in [5.74, 6) is 0.00939. The first-order valence-corrected chi connectivity index (χ1v) is 7.15. The number of carbonyl (C=O) groups excluding carboxylic acids is 1. The maximum atomic E-state index is 12.0. The Balaban J connectivity index is 1.75. The number of nitrogens with one attached hydrogen (secondary N) is 2. The molecule has 0 bridgehead atoms. The maximum absolute atomic E-state index is 12.0. The molecule has 0 aliphatic carbocycles. The lowest BCUT2D eigenvalue weighted by Crippen LogP contribution is -2.40. The smallest absolute Gasteiger partial charge is 0.237 e. The molecule has 1 fully saturated rings. The Bertz CT molecular complexity index is 624. The number of tetrazole rings is 1. The van der Waals surface area contributed by atoms with Crippen LogP contribution in [0.25, 0.3) is 5.69 Å². The maximum Gasteiger partial charge on any atom is 0.237 e. The van der Waals surface area contributed by atoms with Crippen molar-refractivity contribution in [1.82, 2.24) is 30.8 Å². The molecule has 1 amide bonds. The highest BCUT2D eigenvalue weighted by atomic mass is 35.5. The van der Waals surface area contributed by atoms with Gasteiger partial charge in [-0.3, -0.25) is 4.79 Å². The van der Waals surface area contributed by atoms with Gasteiger partial charge in [-0.2, -0.15) is 0 Å². The van der Waals surface area contributed by atoms with Crippen molar-refractivity contribution in [2.75, 3.05) is 6.54 Å². The number of nitrogens with zero attached hydrogens (tertiary/aromatic N) is 4. The zero-order valence-electron chi connectivity index (χ0n) is 11.3. The van der Waals surface area contributed by atoms with Gasteiger partial charge < -0.3 is 10.6 Å². The van der Waals surface area contributed by atoms with E-state index in [1.54, 1.807) is 16.8 Å². The fourth-order valence-electron chi connectivity index (χ4n) is 2.40. The van der Waals surface area contributed by atoms with Gasteiger partial charge in [0.05, 0.1) is 11.7 Å². The van der Waals surface area contributed by atoms with E-state index in [1.807, 2.05) is 6.07 Å². The molecule has 1 saturated heterocycles. The highest BCUT2D eigenvalue weighted by Crippen LogP contribution is 2.19. The van der Waals surface area contributed by atoms with Crippen LogP contribution < -0.4 is 10.6 Å². The highest BCUT2D eigenvalue weighted by Gasteiger charge is 2.21. The van der Waals surface area contributed by atoms with E-state index in [4.69, 9.17) is 11.6 Å². The number of hydrogen-bond acceptors (Lipinski definition) is 5. The van der Waals surface area contributed by atoms with Crippen LogP contribution in [0.1, 0.15) is 18.4 Å². The minimum absolute atomic E-state index is 0.00939. The summed E-state index contributed by atoms with van der Waals surface area (Å²) in [4.78, 5) is 12.0. The molecule has 1 unspecified atom stereocenters. The summed E-state index contributed by atoms with van der Waals surface area (Å²) in [6.45, 7) is 1.28. The fraction of sp³-hybridized carbons (Fsp3) is 0.385. The third kappa shape index (κ3) is 3.20. The van der Waals surface area contributed by atoms with Crippen molar-refractivity contribution in [1.29, 1.82) is 0 Å². The second-order valence-electron chi connectivity index (χ2n) is 4.89. The molecule has 1 aliphatic heterocycles. The molecule has 3 rings (SSSR count). The van der Waals surface area contributed by atoms with Gasteiger partial charge in [-0.05, 0) is 53.6 Å². The van der Waals surface area contributed by atoms with Crippen molar-refractivity contribution in [3.8, 4) is 5.69 Å². The molecule has 0 radical (unpaired) electrons. The summed E-state index contributed by atoms with van der Waals surface area (Å²) in [6.07, 6.45) is 3.42. The zero-order valence-corrected chi connectivity index (χ0v) is 12.0. The third-order valence-corrected chi connectivity index (χ3v) is 3.70. The van der Waals surface area contributed by atoms with Crippen molar-refractivity contribution < 1.29 is 4.79 Å². The second-order valence-corrected chi connectivity index (χ2v) is 5.33. The van der Waals surface area contributed by atoms with E-state index < -0.39 is 0 Å². The Labute approximate surface area is 126 Å². The van der Waals surface area contributed by atoms with Crippen LogP contribution in [-0.2, 0) is 11.3 Å². The average molecular weight is 307 g/mol. The normalized spacial score (nSPS) is 17.9. The van der Waals surface area contributed by atoms with E-state index in [0.29, 0.717) is 11.6 Å². The molecule has 1 atom stereocenters. The van der Waals surface area contributed by atoms with E-state index in [1.165, 1.54) is 6.33 Å². The molecule has 1 aliphatic rings. The molecule has 2 aromatic rings. The average Bonchev–Trinajstić information content (AvgIpc) is 3.17. The van der Waals surface area contributed by atoms with Crippen LogP contribution in [0.15, 0.2) is 24.5 Å². The van der Waals surface area contributed by atoms with Gasteiger partial charge in [0.25, 0.3) is 0 Å². The first kappa shape index (κ1) is 14.0. The number of rotatable bonds is 4. The molecule has 8 heteroatoms. The largest absolute Gasteiger partial charge is 0.351 e. The van der Waals surface area contributed by atoms with Crippen molar-refractivity contribution >= 4 is 17.5 Å². The zero-order chi connectivity index (χ0) is 14.7. The first-order valence-electron chi connectivity index (χ1n) is 6.77. The Morgan fingerprint density at radius 1 is 1.52 bits per heavy atom. The summed E-state index contributed by atoms with van der Waals surface area (Å²) < 4.78 is 1.55. The standard InChI is InChI=1S/C13H15ClN6O/c14-10-3-4-12(20-8-17-18-19-20)9(6-10)7-16-13(21)11-2-1-5-15-11/h3-4,6,8,11,15H,1-2,5,7H2,(H,16,21). The van der Waals surface area contributed by atoms with Gasteiger partial charge in [-0.1, -0.05) is 11.6 Å². The van der Waals surface area contributed by atoms with Crippen LogP contribution >= 0.6 is 11.6 Å². The topological polar surface area (TPSA) is 84.7 Å². The number of benzene rings is 1. The third-order valence-electron chi connectivity index (χ3n) is 3.47. The molecule has 0 saturated carbocycles. The number of amides is 1. The van der Waals surface area contributed by atoms with E-state index in [9.17, 15) is 4.79 Å². The fourth-order valence-corrected chi connectivity index (χ4v) is 2.60. The Morgan fingerprint density at radius 3 is 3.14 bits per heavy atom. The molecule has 21 heavy (non-hydrogen) atoms. The molecule has 2 N–H and O–H groups in total. The van der Waals surface area contributed by atoms with Crippen molar-refractivity contribution in [3.05, 3.63) is 35.1 Å². The van der Waals surface area contributed by atoms with Crippen LogP contribution in [0.4, 0.5) is 0 Å². The van der Waals surface area contributed by atoms with Gasteiger partial charge in [0.1, 0.15) is 6.33 Å². The molecular formula is C13H15ClN6O. The number of halogens is 1. The van der Waals surface area contributed by atoms with Gasteiger partial charge >= 0.3 is 0 Å². The molecule has 1 aromatic heterocycles. The molecule has 1 aromatic carbocycles. The van der Waals surface area contributed by atoms with Gasteiger partial charge in [0, 0.05) is 11.6 Å². The molecular weight excluding hydrogens is 292 g/mol. The summed E-state index contributed by atoms with van der Waals surface area (Å²) in [7, 11) is 0. The quantitative estimate of drug-likeness (QED) is 0.868. The summed E-state index contributed by atoms with van der Waals surface area (Å²) in [6, 6.07) is 5.30. The van der Waals surface area contributed by atoms with E-state index in [2.05, 4.69) is 26.2 Å². The molecule has 0 spiro atoms. The Morgan fingerprint density at radius 2 is 2.43 bits per heavy atom. The predicted octanol–water partition coefficient (Wildman–Crippen LogP) is 0.684. The summed E-state index contributed by atoms with van der Waals surface area (Å²) in [5, 5.41) is 17.8. The van der Waals surface area contributed by atoms with E-state index in [-0.39, 0.29) is 11.9 Å². The van der Waals surface area contributed by atoms with Gasteiger partial charge in [-0.15, -0.1) is 5.10 Å². The number of carbonyl (C=O) groups is 1. The van der Waals surface area contributed by atoms with Gasteiger partial charge in [0.15, 0.2) is 0 Å². The van der Waals surface area contributed by atoms with Gasteiger partial charge in [0.2, 0.25) is 5.91 Å². The van der Waals surface area contributed by atoms with Gasteiger partial charge in [-0.25, -0.2) is 4.68 Å². The first-order chi connectivity index (χ1) is 10.2. The van der Waals surface area contributed by atoms with Crippen LogP contribution in [0.2, 0.25) is 5.02 Å². The number of hydrogen-bond donors (Lipinski definition) is 2. The monoisotopic (exact) mass is 306 g/mol. The van der Waals surface area contributed by atoms with Crippen LogP contribution in [0, 0.1) is 0 Å².